The topological polar surface area (TPSA) is 12.0 Å². The Balaban J connectivity index is 2.40. The van der Waals surface area contributed by atoms with Crippen LogP contribution in [0.15, 0.2) is 41.9 Å². The van der Waals surface area contributed by atoms with Crippen LogP contribution in [0.1, 0.15) is 5.56 Å². The molecule has 0 aliphatic heterocycles. The Morgan fingerprint density at radius 3 is 2.60 bits per heavy atom. The summed E-state index contributed by atoms with van der Waals surface area (Å²) in [6, 6.07) is 10.6. The third-order valence-electron chi connectivity index (χ3n) is 2.12. The molecule has 0 heterocycles. The average molecular weight is 244 g/mol. The fraction of sp³-hybridized carbons (Fsp3) is 0.333. The van der Waals surface area contributed by atoms with Gasteiger partial charge in [0.1, 0.15) is 0 Å². The first-order valence-corrected chi connectivity index (χ1v) is 5.92. The van der Waals surface area contributed by atoms with Crippen LogP contribution in [0, 0.1) is 0 Å². The third-order valence-corrected chi connectivity index (χ3v) is 2.68. The summed E-state index contributed by atoms with van der Waals surface area (Å²) in [6.07, 6.45) is 2.81. The Bertz CT molecular complexity index is 285. The van der Waals surface area contributed by atoms with Crippen LogP contribution in [0.3, 0.4) is 0 Å². The standard InChI is InChI=1S/C12H15Cl2N/c13-7-4-8-15-12(10-14)9-11-5-2-1-3-6-11/h1-7,12,15H,8-10H2/b7-4+. The summed E-state index contributed by atoms with van der Waals surface area (Å²) in [5.41, 5.74) is 2.81. The fourth-order valence-corrected chi connectivity index (χ4v) is 1.67. The minimum absolute atomic E-state index is 0.293. The molecule has 1 unspecified atom stereocenters. The van der Waals surface area contributed by atoms with Crippen LogP contribution < -0.4 is 5.32 Å². The molecule has 1 atom stereocenters. The molecule has 0 aliphatic carbocycles. The Hall–Kier alpha value is -0.500. The first kappa shape index (κ1) is 12.6. The van der Waals surface area contributed by atoms with E-state index in [1.807, 2.05) is 24.3 Å². The van der Waals surface area contributed by atoms with E-state index in [0.717, 1.165) is 13.0 Å². The van der Waals surface area contributed by atoms with Gasteiger partial charge in [-0.3, -0.25) is 0 Å². The lowest BCUT2D eigenvalue weighted by Crippen LogP contribution is -2.32. The molecule has 0 aromatic heterocycles. The zero-order valence-electron chi connectivity index (χ0n) is 8.50. The van der Waals surface area contributed by atoms with Gasteiger partial charge < -0.3 is 5.32 Å². The quantitative estimate of drug-likeness (QED) is 0.758. The van der Waals surface area contributed by atoms with Crippen molar-refractivity contribution in [2.75, 3.05) is 12.4 Å². The highest BCUT2D eigenvalue weighted by Crippen LogP contribution is 2.04. The molecule has 1 aromatic carbocycles. The van der Waals surface area contributed by atoms with E-state index in [0.29, 0.717) is 11.9 Å². The molecule has 0 fully saturated rings. The lowest BCUT2D eigenvalue weighted by atomic mass is 10.1. The van der Waals surface area contributed by atoms with Gasteiger partial charge in [0, 0.05) is 24.0 Å². The van der Waals surface area contributed by atoms with E-state index in [-0.39, 0.29) is 0 Å². The predicted octanol–water partition coefficient (Wildman–Crippen LogP) is 3.18. The summed E-state index contributed by atoms with van der Waals surface area (Å²) in [4.78, 5) is 0. The summed E-state index contributed by atoms with van der Waals surface area (Å²) in [5, 5.41) is 3.32. The first-order chi connectivity index (χ1) is 7.36. The largest absolute Gasteiger partial charge is 0.309 e. The number of hydrogen-bond donors (Lipinski definition) is 1. The van der Waals surface area contributed by atoms with E-state index in [4.69, 9.17) is 23.2 Å². The van der Waals surface area contributed by atoms with E-state index < -0.39 is 0 Å². The first-order valence-electron chi connectivity index (χ1n) is 4.95. The summed E-state index contributed by atoms with van der Waals surface area (Å²) in [7, 11) is 0. The lowest BCUT2D eigenvalue weighted by molar-refractivity contribution is 0.586. The second kappa shape index (κ2) is 7.75. The van der Waals surface area contributed by atoms with Crippen LogP contribution in [0.2, 0.25) is 0 Å². The normalized spacial score (nSPS) is 13.2. The zero-order chi connectivity index (χ0) is 10.9. The van der Waals surface area contributed by atoms with Gasteiger partial charge >= 0.3 is 0 Å². The van der Waals surface area contributed by atoms with Gasteiger partial charge in [0.2, 0.25) is 0 Å². The third kappa shape index (κ3) is 5.22. The number of nitrogens with one attached hydrogen (secondary N) is 1. The van der Waals surface area contributed by atoms with Crippen molar-refractivity contribution in [3.8, 4) is 0 Å². The van der Waals surface area contributed by atoms with E-state index >= 15 is 0 Å². The van der Waals surface area contributed by atoms with Gasteiger partial charge in [-0.2, -0.15) is 0 Å². The second-order valence-electron chi connectivity index (χ2n) is 3.31. The van der Waals surface area contributed by atoms with Gasteiger partial charge in [-0.05, 0) is 12.0 Å². The Morgan fingerprint density at radius 2 is 2.00 bits per heavy atom. The zero-order valence-corrected chi connectivity index (χ0v) is 10.0. The fourth-order valence-electron chi connectivity index (χ4n) is 1.36. The average Bonchev–Trinajstić information content (AvgIpc) is 2.29. The Labute approximate surface area is 101 Å². The molecule has 0 saturated carbocycles. The van der Waals surface area contributed by atoms with E-state index in [1.54, 1.807) is 0 Å². The smallest absolute Gasteiger partial charge is 0.0380 e. The maximum Gasteiger partial charge on any atom is 0.0380 e. The van der Waals surface area contributed by atoms with Crippen molar-refractivity contribution in [2.45, 2.75) is 12.5 Å². The molecule has 0 aliphatic rings. The van der Waals surface area contributed by atoms with Gasteiger partial charge in [0.15, 0.2) is 0 Å². The molecule has 1 aromatic rings. The molecule has 0 amide bonds. The molecule has 82 valence electrons. The van der Waals surface area contributed by atoms with Crippen LogP contribution >= 0.6 is 23.2 Å². The summed E-state index contributed by atoms with van der Waals surface area (Å²) in [5.74, 6) is 0.602. The number of rotatable bonds is 6. The maximum absolute atomic E-state index is 5.88. The minimum Gasteiger partial charge on any atom is -0.309 e. The highest BCUT2D eigenvalue weighted by Gasteiger charge is 2.05. The molecular weight excluding hydrogens is 229 g/mol. The van der Waals surface area contributed by atoms with Gasteiger partial charge in [0.25, 0.3) is 0 Å². The summed E-state index contributed by atoms with van der Waals surface area (Å²) < 4.78 is 0. The number of halogens is 2. The van der Waals surface area contributed by atoms with Gasteiger partial charge in [-0.25, -0.2) is 0 Å². The summed E-state index contributed by atoms with van der Waals surface area (Å²) in [6.45, 7) is 0.758. The van der Waals surface area contributed by atoms with Crippen molar-refractivity contribution >= 4 is 23.2 Å². The van der Waals surface area contributed by atoms with Crippen LogP contribution in [0.25, 0.3) is 0 Å². The number of hydrogen-bond acceptors (Lipinski definition) is 1. The van der Waals surface area contributed by atoms with Gasteiger partial charge in [-0.1, -0.05) is 48.0 Å². The SMILES string of the molecule is Cl/C=C/CNC(CCl)Cc1ccccc1. The van der Waals surface area contributed by atoms with Crippen molar-refractivity contribution in [1.29, 1.82) is 0 Å². The molecular formula is C12H15Cl2N. The molecule has 3 heteroatoms. The van der Waals surface area contributed by atoms with Crippen LogP contribution in [-0.4, -0.2) is 18.5 Å². The van der Waals surface area contributed by atoms with Crippen LogP contribution in [0.5, 0.6) is 0 Å². The Kier molecular flexibility index (Phi) is 6.49. The highest BCUT2D eigenvalue weighted by molar-refractivity contribution is 6.25. The van der Waals surface area contributed by atoms with Crippen LogP contribution in [-0.2, 0) is 6.42 Å². The van der Waals surface area contributed by atoms with E-state index in [2.05, 4.69) is 17.4 Å². The number of alkyl halides is 1. The molecule has 15 heavy (non-hydrogen) atoms. The number of benzene rings is 1. The van der Waals surface area contributed by atoms with E-state index in [9.17, 15) is 0 Å². The molecule has 0 radical (unpaired) electrons. The molecule has 1 rings (SSSR count). The van der Waals surface area contributed by atoms with E-state index in [1.165, 1.54) is 11.1 Å². The van der Waals surface area contributed by atoms with Crippen molar-refractivity contribution in [3.63, 3.8) is 0 Å². The van der Waals surface area contributed by atoms with Gasteiger partial charge in [-0.15, -0.1) is 11.6 Å². The molecule has 0 spiro atoms. The van der Waals surface area contributed by atoms with Crippen LogP contribution in [0.4, 0.5) is 0 Å². The van der Waals surface area contributed by atoms with Crippen molar-refractivity contribution < 1.29 is 0 Å². The Morgan fingerprint density at radius 1 is 1.27 bits per heavy atom. The van der Waals surface area contributed by atoms with Gasteiger partial charge in [0.05, 0.1) is 0 Å². The highest BCUT2D eigenvalue weighted by atomic mass is 35.5. The summed E-state index contributed by atoms with van der Waals surface area (Å²) >= 11 is 11.3. The molecule has 1 N–H and O–H groups in total. The minimum atomic E-state index is 0.293. The molecule has 1 nitrogen and oxygen atoms in total. The lowest BCUT2D eigenvalue weighted by Gasteiger charge is -2.14. The van der Waals surface area contributed by atoms with Crippen molar-refractivity contribution in [2.24, 2.45) is 0 Å². The second-order valence-corrected chi connectivity index (χ2v) is 3.87. The van der Waals surface area contributed by atoms with Crippen molar-refractivity contribution in [3.05, 3.63) is 47.5 Å². The molecule has 0 saturated heterocycles. The maximum atomic E-state index is 5.88. The molecule has 0 bridgehead atoms. The monoisotopic (exact) mass is 243 g/mol. The van der Waals surface area contributed by atoms with Crippen molar-refractivity contribution in [1.82, 2.24) is 5.32 Å². The predicted molar refractivity (Wildman–Crippen MR) is 67.6 cm³/mol.